The Kier molecular flexibility index (Phi) is 10.6. The Labute approximate surface area is 233 Å². The van der Waals surface area contributed by atoms with Crippen molar-refractivity contribution in [3.8, 4) is 16.9 Å². The normalized spacial score (nSPS) is 14.8. The number of anilines is 1. The number of nitrogens with one attached hydrogen (secondary N) is 1. The number of amides is 1. The third-order valence-corrected chi connectivity index (χ3v) is 6.67. The first-order valence-electron chi connectivity index (χ1n) is 13.4. The van der Waals surface area contributed by atoms with E-state index in [0.717, 1.165) is 37.4 Å². The molecule has 218 valence electrons. The summed E-state index contributed by atoms with van der Waals surface area (Å²) in [6, 6.07) is 9.44. The minimum Gasteiger partial charge on any atom is -0.406 e. The van der Waals surface area contributed by atoms with Crippen molar-refractivity contribution in [1.29, 1.82) is 0 Å². The molecule has 1 fully saturated rings. The van der Waals surface area contributed by atoms with Gasteiger partial charge in [-0.25, -0.2) is 0 Å². The average molecular weight is 562 g/mol. The van der Waals surface area contributed by atoms with Crippen LogP contribution in [0.2, 0.25) is 0 Å². The van der Waals surface area contributed by atoms with Gasteiger partial charge in [0.25, 0.3) is 5.91 Å². The molecule has 1 amide bonds. The number of carbonyl (C=O) groups is 1. The largest absolute Gasteiger partial charge is 0.573 e. The summed E-state index contributed by atoms with van der Waals surface area (Å²) >= 11 is 0. The Hall–Kier alpha value is -3.57. The molecule has 2 heterocycles. The van der Waals surface area contributed by atoms with Crippen molar-refractivity contribution in [3.05, 3.63) is 65.5 Å². The molecule has 11 heteroatoms. The average Bonchev–Trinajstić information content (AvgIpc) is 3.36. The van der Waals surface area contributed by atoms with Crippen LogP contribution < -0.4 is 15.0 Å². The summed E-state index contributed by atoms with van der Waals surface area (Å²) in [6.45, 7) is 11.5. The number of aryl methyl sites for hydroxylation is 2. The molecule has 1 aliphatic heterocycles. The molecule has 8 nitrogen and oxygen atoms in total. The van der Waals surface area contributed by atoms with Gasteiger partial charge in [-0.15, -0.1) is 13.2 Å². The Morgan fingerprint density at radius 1 is 1.10 bits per heavy atom. The Morgan fingerprint density at radius 3 is 2.40 bits per heavy atom. The van der Waals surface area contributed by atoms with Crippen LogP contribution in [0.25, 0.3) is 11.1 Å². The van der Waals surface area contributed by atoms with Crippen molar-refractivity contribution >= 4 is 11.6 Å². The second-order valence-electron chi connectivity index (χ2n) is 9.49. The highest BCUT2D eigenvalue weighted by Gasteiger charge is 2.31. The van der Waals surface area contributed by atoms with Crippen LogP contribution in [0.4, 0.5) is 18.9 Å². The van der Waals surface area contributed by atoms with Crippen LogP contribution in [0.5, 0.6) is 5.75 Å². The van der Waals surface area contributed by atoms with E-state index in [-0.39, 0.29) is 18.3 Å². The van der Waals surface area contributed by atoms with Crippen LogP contribution in [0.15, 0.2) is 48.8 Å². The minimum atomic E-state index is -4.85. The highest BCUT2D eigenvalue weighted by molar-refractivity contribution is 5.97. The Morgan fingerprint density at radius 2 is 1.80 bits per heavy atom. The lowest BCUT2D eigenvalue weighted by atomic mass is 10.0. The number of hydrogen-bond donors (Lipinski definition) is 2. The zero-order valence-corrected chi connectivity index (χ0v) is 23.6. The smallest absolute Gasteiger partial charge is 0.406 e. The number of alkyl halides is 3. The molecule has 1 unspecified atom stereocenters. The topological polar surface area (TPSA) is 82.9 Å². The van der Waals surface area contributed by atoms with E-state index >= 15 is 0 Å². The third-order valence-electron chi connectivity index (χ3n) is 6.67. The first-order chi connectivity index (χ1) is 19.0. The number of carbonyl (C=O) groups excluding carboxylic acids is 1. The quantitative estimate of drug-likeness (QED) is 0.406. The predicted octanol–water partition coefficient (Wildman–Crippen LogP) is 4.93. The number of ether oxygens (including phenoxy) is 1. The number of β-amino-alcohol motifs (C(OH)–C–C–N with tert-alkyl or cyclic N) is 1. The first kappa shape index (κ1) is 31.0. The summed E-state index contributed by atoms with van der Waals surface area (Å²) in [5, 5.41) is 16.2. The fourth-order valence-electron chi connectivity index (χ4n) is 4.58. The van der Waals surface area contributed by atoms with Crippen molar-refractivity contribution in [2.75, 3.05) is 44.2 Å². The molecule has 2 N–H and O–H groups in total. The number of aliphatic hydroxyl groups is 1. The van der Waals surface area contributed by atoms with Crippen molar-refractivity contribution in [3.63, 3.8) is 0 Å². The summed E-state index contributed by atoms with van der Waals surface area (Å²) in [6.07, 6.45) is -1.60. The lowest BCUT2D eigenvalue weighted by Gasteiger charge is -2.36. The fraction of sp³-hybridized carbons (Fsp3) is 0.448. The standard InChI is InChI=1S/C27H32F3N5O3.C2H6/c1-18-4-5-23(35-8-6-34(7-9-35)10-11-36)15-25(18)26(37)32-19(2)20-12-21(22-16-31-33(3)17-22)14-24(13-20)38-27(28,29)30;1-2/h4-5,12-17,19,36H,6-11H2,1-3H3,(H,32,37);1-2H3. The minimum absolute atomic E-state index is 0.127. The van der Waals surface area contributed by atoms with E-state index in [1.807, 2.05) is 39.0 Å². The zero-order chi connectivity index (χ0) is 29.4. The van der Waals surface area contributed by atoms with Crippen LogP contribution in [-0.2, 0) is 7.05 Å². The Bertz CT molecular complexity index is 1270. The SMILES string of the molecule is CC.Cc1ccc(N2CCN(CCO)CC2)cc1C(=O)NC(C)c1cc(OC(F)(F)F)cc(-c2cnn(C)c2)c1. The zero-order valence-electron chi connectivity index (χ0n) is 23.6. The van der Waals surface area contributed by atoms with Gasteiger partial charge in [-0.05, 0) is 60.9 Å². The molecular weight excluding hydrogens is 523 g/mol. The van der Waals surface area contributed by atoms with Crippen LogP contribution in [0, 0.1) is 6.92 Å². The van der Waals surface area contributed by atoms with E-state index in [2.05, 4.69) is 25.0 Å². The van der Waals surface area contributed by atoms with Crippen molar-refractivity contribution < 1.29 is 27.8 Å². The molecule has 1 atom stereocenters. The Balaban J connectivity index is 0.00000216. The summed E-state index contributed by atoms with van der Waals surface area (Å²) < 4.78 is 44.8. The lowest BCUT2D eigenvalue weighted by Crippen LogP contribution is -2.47. The fourth-order valence-corrected chi connectivity index (χ4v) is 4.58. The van der Waals surface area contributed by atoms with Crippen LogP contribution in [0.3, 0.4) is 0 Å². The number of piperazine rings is 1. The molecule has 4 rings (SSSR count). The van der Waals surface area contributed by atoms with Gasteiger partial charge in [0.2, 0.25) is 0 Å². The van der Waals surface area contributed by atoms with E-state index in [1.165, 1.54) is 12.1 Å². The monoisotopic (exact) mass is 561 g/mol. The maximum absolute atomic E-state index is 13.3. The third kappa shape index (κ3) is 8.22. The molecule has 0 radical (unpaired) electrons. The summed E-state index contributed by atoms with van der Waals surface area (Å²) in [5.74, 6) is -0.686. The van der Waals surface area contributed by atoms with Gasteiger partial charge in [-0.2, -0.15) is 5.10 Å². The number of nitrogens with zero attached hydrogens (tertiary/aromatic N) is 4. The molecule has 0 bridgehead atoms. The molecule has 2 aromatic carbocycles. The van der Waals surface area contributed by atoms with Crippen LogP contribution >= 0.6 is 0 Å². The molecule has 3 aromatic rings. The van der Waals surface area contributed by atoms with Gasteiger partial charge in [0.1, 0.15) is 5.75 Å². The van der Waals surface area contributed by atoms with Crippen molar-refractivity contribution in [2.24, 2.45) is 7.05 Å². The molecule has 0 spiro atoms. The van der Waals surface area contributed by atoms with Crippen molar-refractivity contribution in [1.82, 2.24) is 20.0 Å². The number of halogens is 3. The van der Waals surface area contributed by atoms with E-state index in [0.29, 0.717) is 28.8 Å². The molecule has 1 aromatic heterocycles. The van der Waals surface area contributed by atoms with E-state index in [9.17, 15) is 18.0 Å². The van der Waals surface area contributed by atoms with Gasteiger partial charge in [-0.1, -0.05) is 19.9 Å². The molecule has 0 saturated carbocycles. The number of aliphatic hydroxyl groups excluding tert-OH is 1. The van der Waals surface area contributed by atoms with Gasteiger partial charge in [0.15, 0.2) is 0 Å². The van der Waals surface area contributed by atoms with Gasteiger partial charge in [0, 0.05) is 62.8 Å². The first-order valence-corrected chi connectivity index (χ1v) is 13.4. The van der Waals surface area contributed by atoms with Crippen molar-refractivity contribution in [2.45, 2.75) is 40.1 Å². The molecule has 0 aliphatic carbocycles. The van der Waals surface area contributed by atoms with Gasteiger partial charge in [0.05, 0.1) is 18.8 Å². The highest BCUT2D eigenvalue weighted by Crippen LogP contribution is 2.32. The lowest BCUT2D eigenvalue weighted by molar-refractivity contribution is -0.274. The van der Waals surface area contributed by atoms with E-state index < -0.39 is 12.4 Å². The molecule has 1 saturated heterocycles. The maximum atomic E-state index is 13.3. The summed E-state index contributed by atoms with van der Waals surface area (Å²) in [7, 11) is 1.72. The molecule has 1 aliphatic rings. The number of benzene rings is 2. The number of rotatable bonds is 8. The van der Waals surface area contributed by atoms with Gasteiger partial charge >= 0.3 is 6.36 Å². The number of hydrogen-bond acceptors (Lipinski definition) is 6. The van der Waals surface area contributed by atoms with E-state index in [4.69, 9.17) is 5.11 Å². The molecule has 40 heavy (non-hydrogen) atoms. The van der Waals surface area contributed by atoms with Gasteiger partial charge < -0.3 is 20.1 Å². The molecular formula is C29H38F3N5O3. The van der Waals surface area contributed by atoms with E-state index in [1.54, 1.807) is 37.1 Å². The van der Waals surface area contributed by atoms with Crippen LogP contribution in [0.1, 0.15) is 48.3 Å². The maximum Gasteiger partial charge on any atom is 0.573 e. The predicted molar refractivity (Wildman–Crippen MR) is 149 cm³/mol. The van der Waals surface area contributed by atoms with Gasteiger partial charge in [-0.3, -0.25) is 14.4 Å². The summed E-state index contributed by atoms with van der Waals surface area (Å²) in [4.78, 5) is 17.7. The number of aromatic nitrogens is 2. The summed E-state index contributed by atoms with van der Waals surface area (Å²) in [5.41, 5.74) is 3.81. The second kappa shape index (κ2) is 13.7. The highest BCUT2D eigenvalue weighted by atomic mass is 19.4. The second-order valence-corrected chi connectivity index (χ2v) is 9.49. The van der Waals surface area contributed by atoms with Crippen LogP contribution in [-0.4, -0.2) is 71.4 Å².